The summed E-state index contributed by atoms with van der Waals surface area (Å²) < 4.78 is 10.4. The van der Waals surface area contributed by atoms with E-state index in [0.717, 1.165) is 44.9 Å². The number of hydrogen-bond acceptors (Lipinski definition) is 5. The number of amides is 1. The first-order chi connectivity index (χ1) is 11.3. The number of rotatable bonds is 9. The van der Waals surface area contributed by atoms with Gasteiger partial charge in [0.15, 0.2) is 0 Å². The molecule has 1 saturated heterocycles. The Hall–Kier alpha value is -1.34. The van der Waals surface area contributed by atoms with Crippen LogP contribution in [-0.2, 0) is 4.74 Å². The molecular weight excluding hydrogens is 330 g/mol. The normalized spacial score (nSPS) is 14.7. The van der Waals surface area contributed by atoms with Gasteiger partial charge in [0.25, 0.3) is 5.91 Å². The van der Waals surface area contributed by atoms with Crippen LogP contribution in [0.2, 0.25) is 0 Å². The number of carbonyl (C=O) groups excluding carboxylic acids is 1. The quantitative estimate of drug-likeness (QED) is 0.649. The van der Waals surface area contributed by atoms with Gasteiger partial charge in [-0.2, -0.15) is 0 Å². The number of nitrogens with zero attached hydrogens (tertiary/aromatic N) is 1. The summed E-state index contributed by atoms with van der Waals surface area (Å²) in [6, 6.07) is 7.19. The molecule has 1 heterocycles. The van der Waals surface area contributed by atoms with E-state index in [-0.39, 0.29) is 18.3 Å². The summed E-state index contributed by atoms with van der Waals surface area (Å²) in [6.45, 7) is 7.11. The molecule has 6 nitrogen and oxygen atoms in total. The minimum absolute atomic E-state index is 0. The summed E-state index contributed by atoms with van der Waals surface area (Å²) in [6.07, 6.45) is 0.976. The molecule has 1 aromatic rings. The van der Waals surface area contributed by atoms with Crippen molar-refractivity contribution in [3.05, 3.63) is 29.8 Å². The molecule has 0 spiro atoms. The Bertz CT molecular complexity index is 465. The summed E-state index contributed by atoms with van der Waals surface area (Å²) in [7, 11) is 1.64. The molecule has 0 aromatic heterocycles. The first-order valence-corrected chi connectivity index (χ1v) is 8.22. The lowest BCUT2D eigenvalue weighted by atomic mass is 10.2. The van der Waals surface area contributed by atoms with E-state index < -0.39 is 0 Å². The molecule has 1 aromatic carbocycles. The second-order valence-electron chi connectivity index (χ2n) is 5.57. The highest BCUT2D eigenvalue weighted by Crippen LogP contribution is 2.12. The fraction of sp³-hybridized carbons (Fsp3) is 0.588. The van der Waals surface area contributed by atoms with Crippen LogP contribution >= 0.6 is 12.4 Å². The van der Waals surface area contributed by atoms with Crippen molar-refractivity contribution < 1.29 is 14.3 Å². The molecule has 0 aliphatic carbocycles. The second kappa shape index (κ2) is 12.1. The molecule has 136 valence electrons. The third-order valence-electron chi connectivity index (χ3n) is 3.82. The predicted molar refractivity (Wildman–Crippen MR) is 97.3 cm³/mol. The van der Waals surface area contributed by atoms with Gasteiger partial charge < -0.3 is 25.0 Å². The molecule has 1 fully saturated rings. The number of ether oxygens (including phenoxy) is 2. The number of methoxy groups -OCH3 is 1. The lowest BCUT2D eigenvalue weighted by Gasteiger charge is -2.27. The largest absolute Gasteiger partial charge is 0.491 e. The minimum atomic E-state index is -0.0336. The Morgan fingerprint density at radius 3 is 2.58 bits per heavy atom. The Labute approximate surface area is 150 Å². The third kappa shape index (κ3) is 7.49. The SMILES string of the molecule is COCCOc1ccc(C(=O)NCCCN2CCNCC2)cc1.Cl. The van der Waals surface area contributed by atoms with Crippen LogP contribution in [0.1, 0.15) is 16.8 Å². The molecule has 1 amide bonds. The van der Waals surface area contributed by atoms with Crippen LogP contribution in [0.25, 0.3) is 0 Å². The van der Waals surface area contributed by atoms with Crippen molar-refractivity contribution in [3.8, 4) is 5.75 Å². The van der Waals surface area contributed by atoms with Gasteiger partial charge in [-0.05, 0) is 37.2 Å². The maximum atomic E-state index is 12.1. The van der Waals surface area contributed by atoms with E-state index in [1.807, 2.05) is 12.1 Å². The van der Waals surface area contributed by atoms with Crippen molar-refractivity contribution in [1.29, 1.82) is 0 Å². The van der Waals surface area contributed by atoms with E-state index in [9.17, 15) is 4.79 Å². The van der Waals surface area contributed by atoms with Crippen molar-refractivity contribution in [2.24, 2.45) is 0 Å². The molecule has 0 radical (unpaired) electrons. The van der Waals surface area contributed by atoms with E-state index in [2.05, 4.69) is 15.5 Å². The smallest absolute Gasteiger partial charge is 0.251 e. The van der Waals surface area contributed by atoms with Gasteiger partial charge in [0.1, 0.15) is 12.4 Å². The summed E-state index contributed by atoms with van der Waals surface area (Å²) in [5.41, 5.74) is 0.659. The number of nitrogens with one attached hydrogen (secondary N) is 2. The number of carbonyl (C=O) groups is 1. The van der Waals surface area contributed by atoms with Crippen LogP contribution in [0.5, 0.6) is 5.75 Å². The van der Waals surface area contributed by atoms with Gasteiger partial charge in [-0.15, -0.1) is 12.4 Å². The molecule has 2 N–H and O–H groups in total. The maximum Gasteiger partial charge on any atom is 0.251 e. The number of hydrogen-bond donors (Lipinski definition) is 2. The van der Waals surface area contributed by atoms with Crippen molar-refractivity contribution in [2.45, 2.75) is 6.42 Å². The van der Waals surface area contributed by atoms with Crippen LogP contribution in [0.3, 0.4) is 0 Å². The van der Waals surface area contributed by atoms with E-state index in [1.165, 1.54) is 0 Å². The van der Waals surface area contributed by atoms with Gasteiger partial charge in [0, 0.05) is 45.4 Å². The molecule has 1 aliphatic rings. The fourth-order valence-corrected chi connectivity index (χ4v) is 2.49. The molecule has 24 heavy (non-hydrogen) atoms. The van der Waals surface area contributed by atoms with E-state index in [4.69, 9.17) is 9.47 Å². The van der Waals surface area contributed by atoms with Gasteiger partial charge in [0.05, 0.1) is 6.61 Å². The first kappa shape index (κ1) is 20.7. The number of benzene rings is 1. The Balaban J connectivity index is 0.00000288. The maximum absolute atomic E-state index is 12.1. The number of piperazine rings is 1. The summed E-state index contributed by atoms with van der Waals surface area (Å²) in [4.78, 5) is 14.5. The van der Waals surface area contributed by atoms with E-state index in [1.54, 1.807) is 19.2 Å². The lowest BCUT2D eigenvalue weighted by Crippen LogP contribution is -2.44. The highest BCUT2D eigenvalue weighted by Gasteiger charge is 2.09. The zero-order chi connectivity index (χ0) is 16.3. The van der Waals surface area contributed by atoms with Crippen molar-refractivity contribution in [1.82, 2.24) is 15.5 Å². The average molecular weight is 358 g/mol. The fourth-order valence-electron chi connectivity index (χ4n) is 2.49. The van der Waals surface area contributed by atoms with Crippen molar-refractivity contribution >= 4 is 18.3 Å². The topological polar surface area (TPSA) is 62.8 Å². The summed E-state index contributed by atoms with van der Waals surface area (Å²) in [5.74, 6) is 0.714. The van der Waals surface area contributed by atoms with E-state index in [0.29, 0.717) is 25.3 Å². The van der Waals surface area contributed by atoms with Gasteiger partial charge in [-0.25, -0.2) is 0 Å². The third-order valence-corrected chi connectivity index (χ3v) is 3.82. The molecule has 0 unspecified atom stereocenters. The Morgan fingerprint density at radius 2 is 1.92 bits per heavy atom. The standard InChI is InChI=1S/C17H27N3O3.ClH/c1-22-13-14-23-16-5-3-15(4-6-16)17(21)19-7-2-10-20-11-8-18-9-12-20;/h3-6,18H,2,7-14H2,1H3,(H,19,21);1H. The van der Waals surface area contributed by atoms with Gasteiger partial charge >= 0.3 is 0 Å². The molecule has 2 rings (SSSR count). The molecule has 1 aliphatic heterocycles. The molecule has 0 saturated carbocycles. The van der Waals surface area contributed by atoms with Crippen molar-refractivity contribution in [3.63, 3.8) is 0 Å². The zero-order valence-electron chi connectivity index (χ0n) is 14.3. The second-order valence-corrected chi connectivity index (χ2v) is 5.57. The highest BCUT2D eigenvalue weighted by atomic mass is 35.5. The van der Waals surface area contributed by atoms with Gasteiger partial charge in [0.2, 0.25) is 0 Å². The molecule has 0 atom stereocenters. The van der Waals surface area contributed by atoms with Crippen LogP contribution in [0.15, 0.2) is 24.3 Å². The molecular formula is C17H28ClN3O3. The number of halogens is 1. The van der Waals surface area contributed by atoms with Crippen LogP contribution in [0.4, 0.5) is 0 Å². The van der Waals surface area contributed by atoms with Gasteiger partial charge in [-0.1, -0.05) is 0 Å². The Kier molecular flexibility index (Phi) is 10.4. The predicted octanol–water partition coefficient (Wildman–Crippen LogP) is 1.16. The first-order valence-electron chi connectivity index (χ1n) is 8.22. The van der Waals surface area contributed by atoms with Crippen LogP contribution in [0, 0.1) is 0 Å². The summed E-state index contributed by atoms with van der Waals surface area (Å²) in [5, 5.41) is 6.31. The van der Waals surface area contributed by atoms with Crippen molar-refractivity contribution in [2.75, 3.05) is 59.6 Å². The average Bonchev–Trinajstić information content (AvgIpc) is 2.60. The Morgan fingerprint density at radius 1 is 1.21 bits per heavy atom. The highest BCUT2D eigenvalue weighted by molar-refractivity contribution is 5.94. The zero-order valence-corrected chi connectivity index (χ0v) is 15.1. The molecule has 7 heteroatoms. The molecule has 0 bridgehead atoms. The van der Waals surface area contributed by atoms with Gasteiger partial charge in [-0.3, -0.25) is 4.79 Å². The summed E-state index contributed by atoms with van der Waals surface area (Å²) >= 11 is 0. The van der Waals surface area contributed by atoms with E-state index >= 15 is 0 Å². The minimum Gasteiger partial charge on any atom is -0.491 e. The van der Waals surface area contributed by atoms with Crippen LogP contribution < -0.4 is 15.4 Å². The van der Waals surface area contributed by atoms with Crippen LogP contribution in [-0.4, -0.2) is 70.4 Å². The lowest BCUT2D eigenvalue weighted by molar-refractivity contribution is 0.0951. The monoisotopic (exact) mass is 357 g/mol.